The lowest BCUT2D eigenvalue weighted by Crippen LogP contribution is -2.58. The first kappa shape index (κ1) is 26.8. The number of methoxy groups -OCH3 is 1. The predicted octanol–water partition coefficient (Wildman–Crippen LogP) is 2.16. The van der Waals surface area contributed by atoms with Gasteiger partial charge in [-0.25, -0.2) is 9.97 Å². The zero-order chi connectivity index (χ0) is 26.7. The van der Waals surface area contributed by atoms with Crippen molar-refractivity contribution in [1.82, 2.24) is 25.9 Å². The number of halogens is 3. The molecule has 2 amide bonds. The SMILES string of the molecule is COc1ncc(C2(O)CCC([C@]3(NC(=O)CNC(=O)c4cccc(C(F)(F)F)c4)CCNC3)CC2)cn1. The third kappa shape index (κ3) is 6.02. The fourth-order valence-electron chi connectivity index (χ4n) is 5.29. The molecular weight excluding hydrogens is 491 g/mol. The van der Waals surface area contributed by atoms with Gasteiger partial charge in [0.2, 0.25) is 5.91 Å². The molecule has 0 radical (unpaired) electrons. The second-order valence-corrected chi connectivity index (χ2v) is 9.66. The Labute approximate surface area is 212 Å². The molecule has 9 nitrogen and oxygen atoms in total. The summed E-state index contributed by atoms with van der Waals surface area (Å²) in [6, 6.07) is 4.28. The van der Waals surface area contributed by atoms with Crippen LogP contribution in [0.1, 0.15) is 53.6 Å². The molecule has 2 heterocycles. The van der Waals surface area contributed by atoms with E-state index in [9.17, 15) is 27.9 Å². The van der Waals surface area contributed by atoms with Crippen LogP contribution < -0.4 is 20.7 Å². The van der Waals surface area contributed by atoms with E-state index in [1.165, 1.54) is 13.2 Å². The van der Waals surface area contributed by atoms with Crippen molar-refractivity contribution in [1.29, 1.82) is 0 Å². The highest BCUT2D eigenvalue weighted by Gasteiger charge is 2.47. The van der Waals surface area contributed by atoms with Crippen molar-refractivity contribution in [2.75, 3.05) is 26.7 Å². The average Bonchev–Trinajstić information content (AvgIpc) is 3.36. The van der Waals surface area contributed by atoms with Crippen LogP contribution in [0, 0.1) is 5.92 Å². The number of alkyl halides is 3. The maximum Gasteiger partial charge on any atom is 0.416 e. The highest BCUT2D eigenvalue weighted by atomic mass is 19.4. The fraction of sp³-hybridized carbons (Fsp3) is 0.520. The summed E-state index contributed by atoms with van der Waals surface area (Å²) in [5, 5.41) is 20.0. The van der Waals surface area contributed by atoms with Crippen molar-refractivity contribution >= 4 is 11.8 Å². The number of benzene rings is 1. The Morgan fingerprint density at radius 2 is 1.89 bits per heavy atom. The largest absolute Gasteiger partial charge is 0.467 e. The summed E-state index contributed by atoms with van der Waals surface area (Å²) >= 11 is 0. The summed E-state index contributed by atoms with van der Waals surface area (Å²) in [7, 11) is 1.47. The quantitative estimate of drug-likeness (QED) is 0.440. The number of aliphatic hydroxyl groups is 1. The van der Waals surface area contributed by atoms with Crippen molar-refractivity contribution in [2.45, 2.75) is 49.4 Å². The van der Waals surface area contributed by atoms with Gasteiger partial charge in [0.05, 0.1) is 30.4 Å². The van der Waals surface area contributed by atoms with Crippen molar-refractivity contribution < 1.29 is 32.6 Å². The van der Waals surface area contributed by atoms with Crippen LogP contribution >= 0.6 is 0 Å². The van der Waals surface area contributed by atoms with Crippen LogP contribution in [0.3, 0.4) is 0 Å². The standard InChI is InChI=1S/C25H30F3N5O4/c1-37-22-31-12-19(13-32-22)24(36)7-5-17(6-8-24)23(9-10-29-15-23)33-20(34)14-30-21(35)16-3-2-4-18(11-16)25(26,27)28/h2-4,11-13,17,29,36H,5-10,14-15H2,1H3,(H,30,35)(H,33,34)/t17?,23-,24?/m0/s1. The van der Waals surface area contributed by atoms with Crippen LogP contribution in [0.5, 0.6) is 6.01 Å². The van der Waals surface area contributed by atoms with E-state index in [2.05, 4.69) is 25.9 Å². The van der Waals surface area contributed by atoms with Gasteiger partial charge in [-0.2, -0.15) is 13.2 Å². The number of rotatable bonds is 7. The second-order valence-electron chi connectivity index (χ2n) is 9.66. The Bertz CT molecular complexity index is 1110. The van der Waals surface area contributed by atoms with Gasteiger partial charge in [-0.15, -0.1) is 0 Å². The number of hydrogen-bond acceptors (Lipinski definition) is 7. The fourth-order valence-corrected chi connectivity index (χ4v) is 5.29. The molecule has 2 aliphatic rings. The van der Waals surface area contributed by atoms with Crippen molar-refractivity contribution in [3.63, 3.8) is 0 Å². The lowest BCUT2D eigenvalue weighted by molar-refractivity contribution is -0.137. The molecule has 200 valence electrons. The zero-order valence-electron chi connectivity index (χ0n) is 20.4. The van der Waals surface area contributed by atoms with Gasteiger partial charge >= 0.3 is 12.2 Å². The number of carbonyl (C=O) groups excluding carboxylic acids is 2. The molecule has 1 saturated heterocycles. The molecule has 1 aliphatic carbocycles. The van der Waals surface area contributed by atoms with Gasteiger partial charge in [0.25, 0.3) is 5.91 Å². The van der Waals surface area contributed by atoms with E-state index in [0.29, 0.717) is 50.8 Å². The number of aromatic nitrogens is 2. The van der Waals surface area contributed by atoms with E-state index in [1.54, 1.807) is 12.4 Å². The third-order valence-corrected chi connectivity index (χ3v) is 7.38. The second kappa shape index (κ2) is 10.6. The molecule has 1 aliphatic heterocycles. The lowest BCUT2D eigenvalue weighted by atomic mass is 9.68. The van der Waals surface area contributed by atoms with Crippen LogP contribution in [-0.2, 0) is 16.6 Å². The Morgan fingerprint density at radius 3 is 2.49 bits per heavy atom. The summed E-state index contributed by atoms with van der Waals surface area (Å²) in [4.78, 5) is 33.4. The summed E-state index contributed by atoms with van der Waals surface area (Å²) < 4.78 is 43.8. The normalized spacial score (nSPS) is 25.9. The van der Waals surface area contributed by atoms with Gasteiger partial charge in [0.15, 0.2) is 0 Å². The Kier molecular flexibility index (Phi) is 7.69. The summed E-state index contributed by atoms with van der Waals surface area (Å²) in [5.41, 5.74) is -2.10. The molecule has 4 N–H and O–H groups in total. The molecule has 1 saturated carbocycles. The van der Waals surface area contributed by atoms with Crippen LogP contribution in [0.4, 0.5) is 13.2 Å². The maximum absolute atomic E-state index is 12.9. The molecule has 1 aromatic carbocycles. The zero-order valence-corrected chi connectivity index (χ0v) is 20.4. The van der Waals surface area contributed by atoms with Gasteiger partial charge in [-0.1, -0.05) is 6.07 Å². The first-order valence-electron chi connectivity index (χ1n) is 12.1. The minimum Gasteiger partial charge on any atom is -0.467 e. The van der Waals surface area contributed by atoms with Crippen LogP contribution in [0.2, 0.25) is 0 Å². The molecule has 2 fully saturated rings. The van der Waals surface area contributed by atoms with Crippen molar-refractivity contribution in [2.24, 2.45) is 5.92 Å². The molecule has 37 heavy (non-hydrogen) atoms. The third-order valence-electron chi connectivity index (χ3n) is 7.38. The van der Waals surface area contributed by atoms with Gasteiger partial charge in [-0.05, 0) is 62.8 Å². The molecule has 1 atom stereocenters. The van der Waals surface area contributed by atoms with Gasteiger partial charge < -0.3 is 25.8 Å². The molecule has 0 unspecified atom stereocenters. The van der Waals surface area contributed by atoms with E-state index in [0.717, 1.165) is 18.2 Å². The minimum absolute atomic E-state index is 0.0880. The summed E-state index contributed by atoms with van der Waals surface area (Å²) in [5.74, 6) is -1.09. The van der Waals surface area contributed by atoms with E-state index >= 15 is 0 Å². The molecule has 4 rings (SSSR count). The topological polar surface area (TPSA) is 125 Å². The number of nitrogens with zero attached hydrogens (tertiary/aromatic N) is 2. The number of amides is 2. The van der Waals surface area contributed by atoms with Gasteiger partial charge in [-0.3, -0.25) is 9.59 Å². The lowest BCUT2D eigenvalue weighted by Gasteiger charge is -2.44. The van der Waals surface area contributed by atoms with Gasteiger partial charge in [0.1, 0.15) is 0 Å². The Hall–Kier alpha value is -3.25. The van der Waals surface area contributed by atoms with Crippen LogP contribution in [0.25, 0.3) is 0 Å². The molecule has 12 heteroatoms. The monoisotopic (exact) mass is 521 g/mol. The van der Waals surface area contributed by atoms with Gasteiger partial charge in [0, 0.05) is 30.1 Å². The molecule has 2 aromatic rings. The number of hydrogen-bond donors (Lipinski definition) is 4. The maximum atomic E-state index is 12.9. The smallest absolute Gasteiger partial charge is 0.416 e. The van der Waals surface area contributed by atoms with E-state index < -0.39 is 34.7 Å². The number of carbonyl (C=O) groups is 2. The first-order chi connectivity index (χ1) is 17.5. The van der Waals surface area contributed by atoms with E-state index in [1.807, 2.05) is 0 Å². The first-order valence-corrected chi connectivity index (χ1v) is 12.1. The van der Waals surface area contributed by atoms with Crippen molar-refractivity contribution in [3.8, 4) is 6.01 Å². The van der Waals surface area contributed by atoms with E-state index in [4.69, 9.17) is 4.74 Å². The highest BCUT2D eigenvalue weighted by molar-refractivity contribution is 5.96. The summed E-state index contributed by atoms with van der Waals surface area (Å²) in [6.07, 6.45) is 1.50. The molecule has 1 aromatic heterocycles. The van der Waals surface area contributed by atoms with E-state index in [-0.39, 0.29) is 24.0 Å². The average molecular weight is 522 g/mol. The van der Waals surface area contributed by atoms with Crippen LogP contribution in [-0.4, -0.2) is 59.2 Å². The van der Waals surface area contributed by atoms with Crippen LogP contribution in [0.15, 0.2) is 36.7 Å². The number of nitrogens with one attached hydrogen (secondary N) is 3. The number of ether oxygens (including phenoxy) is 1. The predicted molar refractivity (Wildman–Crippen MR) is 127 cm³/mol. The minimum atomic E-state index is -4.57. The molecule has 0 bridgehead atoms. The Morgan fingerprint density at radius 1 is 1.19 bits per heavy atom. The highest BCUT2D eigenvalue weighted by Crippen LogP contribution is 2.44. The molecular formula is C25H30F3N5O4. The molecule has 0 spiro atoms. The Balaban J connectivity index is 1.35. The van der Waals surface area contributed by atoms with Crippen molar-refractivity contribution in [3.05, 3.63) is 53.3 Å². The summed E-state index contributed by atoms with van der Waals surface area (Å²) in [6.45, 7) is 0.899.